The summed E-state index contributed by atoms with van der Waals surface area (Å²) in [5, 5.41) is 14.3. The van der Waals surface area contributed by atoms with Crippen LogP contribution in [0.2, 0.25) is 0 Å². The van der Waals surface area contributed by atoms with Crippen molar-refractivity contribution in [1.82, 2.24) is 5.32 Å². The van der Waals surface area contributed by atoms with Crippen LogP contribution >= 0.6 is 0 Å². The topological polar surface area (TPSA) is 66.4 Å². The van der Waals surface area contributed by atoms with Crippen LogP contribution in [-0.2, 0) is 9.59 Å². The molecule has 1 saturated carbocycles. The predicted molar refractivity (Wildman–Crippen MR) is 89.3 cm³/mol. The van der Waals surface area contributed by atoms with Crippen molar-refractivity contribution in [1.29, 1.82) is 0 Å². The molecule has 0 bridgehead atoms. The highest BCUT2D eigenvalue weighted by Gasteiger charge is 2.46. The van der Waals surface area contributed by atoms with E-state index in [9.17, 15) is 14.7 Å². The van der Waals surface area contributed by atoms with E-state index < -0.39 is 11.5 Å². The van der Waals surface area contributed by atoms with Gasteiger partial charge in [0.1, 0.15) is 5.54 Å². The first kappa shape index (κ1) is 15.5. The van der Waals surface area contributed by atoms with Gasteiger partial charge in [-0.15, -0.1) is 0 Å². The summed E-state index contributed by atoms with van der Waals surface area (Å²) in [6.07, 6.45) is 1.14. The van der Waals surface area contributed by atoms with Gasteiger partial charge >= 0.3 is 5.97 Å². The van der Waals surface area contributed by atoms with E-state index in [1.165, 1.54) is 10.8 Å². The molecule has 0 radical (unpaired) electrons. The Morgan fingerprint density at radius 3 is 2.57 bits per heavy atom. The third-order valence-electron chi connectivity index (χ3n) is 4.91. The van der Waals surface area contributed by atoms with E-state index in [1.54, 1.807) is 13.8 Å². The van der Waals surface area contributed by atoms with E-state index in [-0.39, 0.29) is 17.7 Å². The molecule has 2 N–H and O–H groups in total. The van der Waals surface area contributed by atoms with Crippen LogP contribution in [0, 0.1) is 5.92 Å². The number of aliphatic carboxylic acids is 1. The average molecular weight is 311 g/mol. The number of amides is 1. The molecule has 3 unspecified atom stereocenters. The van der Waals surface area contributed by atoms with Crippen LogP contribution in [-0.4, -0.2) is 22.5 Å². The molecular formula is C19H21NO3. The van der Waals surface area contributed by atoms with E-state index in [1.807, 2.05) is 12.1 Å². The number of carboxylic acids is 1. The standard InChI is InChI=1S/C19H21NO3/c1-3-19(2,18(22)23)20-17(21)16-11-15(16)14-9-8-12-6-4-5-7-13(12)10-14/h4-10,15-16H,3,11H2,1-2H3,(H,20,21)(H,22,23). The molecule has 3 atom stereocenters. The van der Waals surface area contributed by atoms with Crippen LogP contribution in [0.1, 0.15) is 38.2 Å². The van der Waals surface area contributed by atoms with Gasteiger partial charge in [0.05, 0.1) is 0 Å². The summed E-state index contributed by atoms with van der Waals surface area (Å²) >= 11 is 0. The Labute approximate surface area is 135 Å². The lowest BCUT2D eigenvalue weighted by molar-refractivity contribution is -0.147. The lowest BCUT2D eigenvalue weighted by Gasteiger charge is -2.24. The Kier molecular flexibility index (Phi) is 3.84. The SMILES string of the molecule is CCC(C)(NC(=O)C1CC1c1ccc2ccccc2c1)C(=O)O. The minimum absolute atomic E-state index is 0.124. The zero-order valence-corrected chi connectivity index (χ0v) is 13.4. The molecule has 1 aliphatic carbocycles. The minimum atomic E-state index is -1.19. The highest BCUT2D eigenvalue weighted by molar-refractivity contribution is 5.90. The zero-order chi connectivity index (χ0) is 16.6. The van der Waals surface area contributed by atoms with Gasteiger partial charge in [0.25, 0.3) is 0 Å². The Hall–Kier alpha value is -2.36. The maximum atomic E-state index is 12.4. The van der Waals surface area contributed by atoms with Gasteiger partial charge in [0, 0.05) is 5.92 Å². The van der Waals surface area contributed by atoms with Gasteiger partial charge in [-0.05, 0) is 42.0 Å². The molecular weight excluding hydrogens is 290 g/mol. The largest absolute Gasteiger partial charge is 0.480 e. The van der Waals surface area contributed by atoms with Crippen molar-refractivity contribution >= 4 is 22.6 Å². The predicted octanol–water partition coefficient (Wildman–Crippen LogP) is 3.31. The van der Waals surface area contributed by atoms with Crippen LogP contribution in [0.15, 0.2) is 42.5 Å². The Bertz CT molecular complexity index is 770. The molecule has 4 nitrogen and oxygen atoms in total. The second-order valence-electron chi connectivity index (χ2n) is 6.54. The Balaban J connectivity index is 1.73. The van der Waals surface area contributed by atoms with E-state index in [2.05, 4.69) is 35.6 Å². The molecule has 0 heterocycles. The summed E-state index contributed by atoms with van der Waals surface area (Å²) in [6, 6.07) is 14.4. The van der Waals surface area contributed by atoms with Crippen LogP contribution in [0.25, 0.3) is 10.8 Å². The number of carbonyl (C=O) groups is 2. The number of hydrogen-bond acceptors (Lipinski definition) is 2. The van der Waals surface area contributed by atoms with E-state index in [4.69, 9.17) is 0 Å². The summed E-state index contributed by atoms with van der Waals surface area (Å²) in [6.45, 7) is 3.32. The van der Waals surface area contributed by atoms with E-state index in [0.29, 0.717) is 6.42 Å². The molecule has 3 rings (SSSR count). The Morgan fingerprint density at radius 1 is 1.22 bits per heavy atom. The van der Waals surface area contributed by atoms with Crippen LogP contribution in [0.5, 0.6) is 0 Å². The third kappa shape index (κ3) is 2.93. The number of benzene rings is 2. The molecule has 0 saturated heterocycles. The van der Waals surface area contributed by atoms with Crippen molar-refractivity contribution in [2.24, 2.45) is 5.92 Å². The van der Waals surface area contributed by atoms with Gasteiger partial charge in [0.2, 0.25) is 5.91 Å². The van der Waals surface area contributed by atoms with Crippen molar-refractivity contribution in [3.8, 4) is 0 Å². The van der Waals surface area contributed by atoms with Crippen molar-refractivity contribution in [2.45, 2.75) is 38.1 Å². The molecule has 1 fully saturated rings. The number of fused-ring (bicyclic) bond motifs is 1. The van der Waals surface area contributed by atoms with Crippen molar-refractivity contribution in [3.63, 3.8) is 0 Å². The van der Waals surface area contributed by atoms with Gasteiger partial charge in [-0.2, -0.15) is 0 Å². The summed E-state index contributed by atoms with van der Waals surface area (Å²) in [4.78, 5) is 23.7. The Morgan fingerprint density at radius 2 is 1.91 bits per heavy atom. The van der Waals surface area contributed by atoms with Crippen LogP contribution in [0.3, 0.4) is 0 Å². The summed E-state index contributed by atoms with van der Waals surface area (Å²) in [5.41, 5.74) is -0.0365. The molecule has 2 aromatic carbocycles. The monoisotopic (exact) mass is 311 g/mol. The number of carbonyl (C=O) groups excluding carboxylic acids is 1. The first-order chi connectivity index (χ1) is 10.9. The average Bonchev–Trinajstić information content (AvgIpc) is 3.35. The molecule has 23 heavy (non-hydrogen) atoms. The number of nitrogens with one attached hydrogen (secondary N) is 1. The number of rotatable bonds is 5. The molecule has 2 aromatic rings. The molecule has 4 heteroatoms. The van der Waals surface area contributed by atoms with E-state index >= 15 is 0 Å². The molecule has 120 valence electrons. The molecule has 1 aliphatic rings. The van der Waals surface area contributed by atoms with Crippen molar-refractivity contribution in [2.75, 3.05) is 0 Å². The number of hydrogen-bond donors (Lipinski definition) is 2. The highest BCUT2D eigenvalue weighted by atomic mass is 16.4. The summed E-state index contributed by atoms with van der Waals surface area (Å²) < 4.78 is 0. The molecule has 0 aromatic heterocycles. The van der Waals surface area contributed by atoms with Gasteiger partial charge in [-0.3, -0.25) is 4.79 Å². The van der Waals surface area contributed by atoms with Crippen molar-refractivity contribution in [3.05, 3.63) is 48.0 Å². The third-order valence-corrected chi connectivity index (χ3v) is 4.91. The normalized spacial score (nSPS) is 22.3. The van der Waals surface area contributed by atoms with Gasteiger partial charge < -0.3 is 10.4 Å². The lowest BCUT2D eigenvalue weighted by Crippen LogP contribution is -2.52. The lowest BCUT2D eigenvalue weighted by atomic mass is 9.98. The van der Waals surface area contributed by atoms with Gasteiger partial charge in [-0.25, -0.2) is 4.79 Å². The molecule has 0 spiro atoms. The second kappa shape index (κ2) is 5.69. The maximum absolute atomic E-state index is 12.4. The van der Waals surface area contributed by atoms with Crippen molar-refractivity contribution < 1.29 is 14.7 Å². The fourth-order valence-electron chi connectivity index (χ4n) is 2.95. The minimum Gasteiger partial charge on any atom is -0.480 e. The quantitative estimate of drug-likeness (QED) is 0.890. The second-order valence-corrected chi connectivity index (χ2v) is 6.54. The van der Waals surface area contributed by atoms with Gasteiger partial charge in [0.15, 0.2) is 0 Å². The summed E-state index contributed by atoms with van der Waals surface area (Å²) in [7, 11) is 0. The fraction of sp³-hybridized carbons (Fsp3) is 0.368. The first-order valence-electron chi connectivity index (χ1n) is 7.99. The van der Waals surface area contributed by atoms with Crippen LogP contribution in [0.4, 0.5) is 0 Å². The first-order valence-corrected chi connectivity index (χ1v) is 7.99. The highest BCUT2D eigenvalue weighted by Crippen LogP contribution is 2.48. The summed E-state index contributed by atoms with van der Waals surface area (Å²) in [5.74, 6) is -1.08. The van der Waals surface area contributed by atoms with E-state index in [0.717, 1.165) is 12.0 Å². The maximum Gasteiger partial charge on any atom is 0.329 e. The zero-order valence-electron chi connectivity index (χ0n) is 13.4. The van der Waals surface area contributed by atoms with Gasteiger partial charge in [-0.1, -0.05) is 49.4 Å². The smallest absolute Gasteiger partial charge is 0.329 e. The molecule has 1 amide bonds. The van der Waals surface area contributed by atoms with Crippen LogP contribution < -0.4 is 5.32 Å². The molecule has 0 aliphatic heterocycles. The number of carboxylic acid groups (broad SMARTS) is 1. The fourth-order valence-corrected chi connectivity index (χ4v) is 2.95.